The first kappa shape index (κ1) is 9.44. The summed E-state index contributed by atoms with van der Waals surface area (Å²) in [6, 6.07) is 3.48. The Bertz CT molecular complexity index is 181. The summed E-state index contributed by atoms with van der Waals surface area (Å²) in [7, 11) is -0.716. The van der Waals surface area contributed by atoms with Gasteiger partial charge in [-0.15, -0.1) is 0 Å². The van der Waals surface area contributed by atoms with E-state index < -0.39 is 8.07 Å². The van der Waals surface area contributed by atoms with E-state index in [1.165, 1.54) is 11.1 Å². The van der Waals surface area contributed by atoms with Crippen molar-refractivity contribution in [1.29, 1.82) is 0 Å². The highest BCUT2D eigenvalue weighted by Gasteiger charge is 2.50. The molecule has 3 rings (SSSR count). The fraction of sp³-hybridized carbons (Fsp3) is 1.00. The van der Waals surface area contributed by atoms with E-state index in [2.05, 4.69) is 0 Å². The first-order valence-electron chi connectivity index (χ1n) is 6.92. The Kier molecular flexibility index (Phi) is 2.47. The van der Waals surface area contributed by atoms with Crippen LogP contribution in [0.5, 0.6) is 0 Å². The summed E-state index contributed by atoms with van der Waals surface area (Å²) in [6.07, 6.45) is 14.5. The van der Waals surface area contributed by atoms with Crippen LogP contribution in [0.1, 0.15) is 57.8 Å². The van der Waals surface area contributed by atoms with Gasteiger partial charge >= 0.3 is 0 Å². The molecule has 0 atom stereocenters. The fourth-order valence-corrected chi connectivity index (χ4v) is 11.8. The molecule has 2 aliphatic carbocycles. The van der Waals surface area contributed by atoms with Gasteiger partial charge in [-0.25, -0.2) is 0 Å². The third kappa shape index (κ3) is 1.31. The largest absolute Gasteiger partial charge is 0.0598 e. The van der Waals surface area contributed by atoms with Gasteiger partial charge in [-0.3, -0.25) is 0 Å². The molecule has 3 fully saturated rings. The monoisotopic (exact) mass is 208 g/mol. The highest BCUT2D eigenvalue weighted by atomic mass is 28.3. The summed E-state index contributed by atoms with van der Waals surface area (Å²) in [5, 5.41) is 0. The van der Waals surface area contributed by atoms with Crippen LogP contribution in [0.3, 0.4) is 0 Å². The van der Waals surface area contributed by atoms with E-state index in [1.807, 2.05) is 0 Å². The lowest BCUT2D eigenvalue weighted by Crippen LogP contribution is -2.50. The van der Waals surface area contributed by atoms with E-state index in [-0.39, 0.29) is 0 Å². The van der Waals surface area contributed by atoms with Crippen LogP contribution in [0, 0.1) is 0 Å². The summed E-state index contributed by atoms with van der Waals surface area (Å²) >= 11 is 0. The first-order chi connectivity index (χ1) is 6.92. The molecule has 1 aliphatic heterocycles. The molecule has 1 saturated heterocycles. The Morgan fingerprint density at radius 2 is 1.07 bits per heavy atom. The lowest BCUT2D eigenvalue weighted by atomic mass is 9.98. The molecule has 1 heterocycles. The van der Waals surface area contributed by atoms with Crippen molar-refractivity contribution in [3.05, 3.63) is 0 Å². The van der Waals surface area contributed by atoms with Crippen molar-refractivity contribution >= 4 is 8.07 Å². The molecular formula is C13H24Si. The highest BCUT2D eigenvalue weighted by molar-refractivity contribution is 6.83. The van der Waals surface area contributed by atoms with Crippen molar-refractivity contribution in [3.8, 4) is 0 Å². The Balaban J connectivity index is 1.76. The summed E-state index contributed by atoms with van der Waals surface area (Å²) in [4.78, 5) is 0. The molecule has 14 heavy (non-hydrogen) atoms. The third-order valence-electron chi connectivity index (χ3n) is 5.62. The summed E-state index contributed by atoms with van der Waals surface area (Å²) in [6.45, 7) is 0. The second-order valence-corrected chi connectivity index (χ2v) is 11.1. The summed E-state index contributed by atoms with van der Waals surface area (Å²) in [5.74, 6) is 0. The number of hydrogen-bond acceptors (Lipinski definition) is 0. The van der Waals surface area contributed by atoms with Crippen LogP contribution in [0.25, 0.3) is 0 Å². The second-order valence-electron chi connectivity index (χ2n) is 6.05. The average molecular weight is 208 g/mol. The standard InChI is InChI=1S/C13H24Si/c1-2-10-14(11-3-1,12-6-4-7-12)13-8-5-9-13/h12-13H,1-11H2. The molecule has 0 aromatic heterocycles. The van der Waals surface area contributed by atoms with Crippen LogP contribution in [-0.4, -0.2) is 8.07 Å². The van der Waals surface area contributed by atoms with E-state index >= 15 is 0 Å². The van der Waals surface area contributed by atoms with Gasteiger partial charge in [0.1, 0.15) is 0 Å². The first-order valence-corrected chi connectivity index (χ1v) is 9.49. The predicted molar refractivity (Wildman–Crippen MR) is 64.4 cm³/mol. The minimum absolute atomic E-state index is 0.716. The molecule has 1 heteroatoms. The van der Waals surface area contributed by atoms with Crippen LogP contribution in [-0.2, 0) is 0 Å². The molecule has 0 bridgehead atoms. The molecule has 0 aromatic carbocycles. The smallest absolute Gasteiger partial charge is 0.0567 e. The van der Waals surface area contributed by atoms with E-state index in [4.69, 9.17) is 0 Å². The van der Waals surface area contributed by atoms with E-state index in [0.717, 1.165) is 0 Å². The Morgan fingerprint density at radius 3 is 1.43 bits per heavy atom. The highest BCUT2D eigenvalue weighted by Crippen LogP contribution is 2.58. The van der Waals surface area contributed by atoms with Crippen LogP contribution in [0.15, 0.2) is 0 Å². The maximum Gasteiger partial charge on any atom is 0.0598 e. The van der Waals surface area contributed by atoms with Gasteiger partial charge in [0.25, 0.3) is 0 Å². The van der Waals surface area contributed by atoms with Crippen LogP contribution >= 0.6 is 0 Å². The zero-order chi connectivity index (χ0) is 9.43. The summed E-state index contributed by atoms with van der Waals surface area (Å²) in [5.41, 5.74) is 2.60. The van der Waals surface area contributed by atoms with Crippen molar-refractivity contribution in [3.63, 3.8) is 0 Å². The van der Waals surface area contributed by atoms with Gasteiger partial charge in [-0.05, 0) is 11.1 Å². The molecule has 0 spiro atoms. The molecule has 0 nitrogen and oxygen atoms in total. The number of hydrogen-bond donors (Lipinski definition) is 0. The minimum Gasteiger partial charge on any atom is -0.0567 e. The minimum atomic E-state index is -0.716. The average Bonchev–Trinajstić information content (AvgIpc) is 1.98. The lowest BCUT2D eigenvalue weighted by molar-refractivity contribution is 0.415. The number of rotatable bonds is 2. The van der Waals surface area contributed by atoms with Gasteiger partial charge in [0.15, 0.2) is 0 Å². The zero-order valence-electron chi connectivity index (χ0n) is 9.43. The molecule has 0 aromatic rings. The van der Waals surface area contributed by atoms with Crippen LogP contribution in [0.4, 0.5) is 0 Å². The fourth-order valence-electron chi connectivity index (χ4n) is 4.33. The van der Waals surface area contributed by atoms with Gasteiger partial charge in [-0.2, -0.15) is 0 Å². The van der Waals surface area contributed by atoms with Gasteiger partial charge < -0.3 is 0 Å². The van der Waals surface area contributed by atoms with Gasteiger partial charge in [0.05, 0.1) is 8.07 Å². The van der Waals surface area contributed by atoms with E-state index in [1.54, 1.807) is 69.9 Å². The molecule has 0 unspecified atom stereocenters. The van der Waals surface area contributed by atoms with E-state index in [0.29, 0.717) is 0 Å². The maximum absolute atomic E-state index is 1.74. The molecule has 3 aliphatic rings. The maximum atomic E-state index is 1.74. The second kappa shape index (κ2) is 3.66. The van der Waals surface area contributed by atoms with Gasteiger partial charge in [0, 0.05) is 0 Å². The molecular weight excluding hydrogens is 184 g/mol. The summed E-state index contributed by atoms with van der Waals surface area (Å²) < 4.78 is 0. The Hall–Kier alpha value is 0.217. The van der Waals surface area contributed by atoms with Crippen molar-refractivity contribution in [2.45, 2.75) is 81.0 Å². The quantitative estimate of drug-likeness (QED) is 0.576. The molecule has 0 amide bonds. The zero-order valence-corrected chi connectivity index (χ0v) is 10.4. The van der Waals surface area contributed by atoms with Crippen molar-refractivity contribution in [1.82, 2.24) is 0 Å². The molecule has 0 N–H and O–H groups in total. The molecule has 2 saturated carbocycles. The predicted octanol–water partition coefficient (Wildman–Crippen LogP) is 4.73. The SMILES string of the molecule is C1CC[Si](C2CCC2)(C2CCC2)CC1. The normalized spacial score (nSPS) is 33.4. The molecule has 80 valence electrons. The van der Waals surface area contributed by atoms with Crippen molar-refractivity contribution < 1.29 is 0 Å². The van der Waals surface area contributed by atoms with E-state index in [9.17, 15) is 0 Å². The van der Waals surface area contributed by atoms with Crippen LogP contribution < -0.4 is 0 Å². The van der Waals surface area contributed by atoms with Gasteiger partial charge in [0.2, 0.25) is 0 Å². The third-order valence-corrected chi connectivity index (χ3v) is 12.6. The Labute approximate surface area is 89.5 Å². The lowest BCUT2D eigenvalue weighted by Gasteiger charge is -2.54. The van der Waals surface area contributed by atoms with Gasteiger partial charge in [-0.1, -0.05) is 69.9 Å². The van der Waals surface area contributed by atoms with Crippen LogP contribution in [0.2, 0.25) is 23.2 Å². The van der Waals surface area contributed by atoms with Crippen molar-refractivity contribution in [2.75, 3.05) is 0 Å². The molecule has 0 radical (unpaired) electrons. The Morgan fingerprint density at radius 1 is 0.571 bits per heavy atom. The topological polar surface area (TPSA) is 0 Å². The van der Waals surface area contributed by atoms with Crippen molar-refractivity contribution in [2.24, 2.45) is 0 Å².